The molecule has 0 amide bonds. The fourth-order valence-electron chi connectivity index (χ4n) is 1.79. The number of likely N-dealkylation sites (N-methyl/N-ethyl adjacent to an activating group) is 1. The number of aromatic nitrogens is 1. The maximum Gasteiger partial charge on any atom is 0.0460 e. The van der Waals surface area contributed by atoms with Gasteiger partial charge in [-0.2, -0.15) is 0 Å². The predicted molar refractivity (Wildman–Crippen MR) is 74.2 cm³/mol. The molecule has 0 fully saturated rings. The van der Waals surface area contributed by atoms with Gasteiger partial charge < -0.3 is 4.90 Å². The lowest BCUT2D eigenvalue weighted by Crippen LogP contribution is -2.22. The molecule has 17 heavy (non-hydrogen) atoms. The van der Waals surface area contributed by atoms with Gasteiger partial charge in [-0.05, 0) is 29.5 Å². The standard InChI is InChI=1S/C15H22N2/c1-6-13(11-15(2,3)4)12-17(5)14-7-9-16-10-8-14/h7-10H,1,11-12H2,2-5H3. The monoisotopic (exact) mass is 230 g/mol. The number of nitrogens with zero attached hydrogens (tertiary/aromatic N) is 2. The van der Waals surface area contributed by atoms with Crippen LogP contribution in [0.4, 0.5) is 5.69 Å². The second-order valence-electron chi connectivity index (χ2n) is 5.58. The zero-order valence-corrected chi connectivity index (χ0v) is 11.3. The van der Waals surface area contributed by atoms with Crippen molar-refractivity contribution in [3.05, 3.63) is 42.4 Å². The molecule has 0 aliphatic heterocycles. The molecule has 0 saturated heterocycles. The second kappa shape index (κ2) is 5.70. The quantitative estimate of drug-likeness (QED) is 0.734. The molecular formula is C15H22N2. The van der Waals surface area contributed by atoms with Gasteiger partial charge in [0, 0.05) is 31.7 Å². The first kappa shape index (κ1) is 13.5. The summed E-state index contributed by atoms with van der Waals surface area (Å²) >= 11 is 0. The Balaban J connectivity index is 2.68. The van der Waals surface area contributed by atoms with E-state index in [1.807, 2.05) is 24.5 Å². The molecule has 0 saturated carbocycles. The van der Waals surface area contributed by atoms with Gasteiger partial charge in [-0.15, -0.1) is 5.73 Å². The van der Waals surface area contributed by atoms with Crippen LogP contribution in [0.25, 0.3) is 0 Å². The molecular weight excluding hydrogens is 208 g/mol. The molecule has 2 nitrogen and oxygen atoms in total. The number of hydrogen-bond donors (Lipinski definition) is 0. The first-order chi connectivity index (χ1) is 7.92. The van der Waals surface area contributed by atoms with E-state index >= 15 is 0 Å². The molecule has 0 unspecified atom stereocenters. The molecule has 2 heteroatoms. The Morgan fingerprint density at radius 1 is 1.35 bits per heavy atom. The topological polar surface area (TPSA) is 16.1 Å². The van der Waals surface area contributed by atoms with E-state index in [4.69, 9.17) is 0 Å². The minimum absolute atomic E-state index is 0.277. The Hall–Kier alpha value is -1.53. The Kier molecular flexibility index (Phi) is 4.53. The molecule has 1 aromatic rings. The zero-order valence-electron chi connectivity index (χ0n) is 11.3. The lowest BCUT2D eigenvalue weighted by atomic mass is 9.88. The van der Waals surface area contributed by atoms with E-state index in [1.165, 1.54) is 11.3 Å². The Bertz CT molecular complexity index is 395. The zero-order chi connectivity index (χ0) is 12.9. The molecule has 1 heterocycles. The Morgan fingerprint density at radius 2 is 1.94 bits per heavy atom. The molecule has 0 radical (unpaired) electrons. The van der Waals surface area contributed by atoms with Crippen LogP contribution in [0.1, 0.15) is 27.2 Å². The third-order valence-corrected chi connectivity index (χ3v) is 2.53. The average Bonchev–Trinajstić information content (AvgIpc) is 2.27. The molecule has 0 aromatic carbocycles. The molecule has 0 aliphatic rings. The van der Waals surface area contributed by atoms with Gasteiger partial charge in [-0.3, -0.25) is 4.98 Å². The molecule has 0 N–H and O–H groups in total. The number of rotatable bonds is 4. The highest BCUT2D eigenvalue weighted by Gasteiger charge is 2.14. The molecule has 92 valence electrons. The summed E-state index contributed by atoms with van der Waals surface area (Å²) in [4.78, 5) is 6.22. The van der Waals surface area contributed by atoms with E-state index in [2.05, 4.69) is 50.0 Å². The van der Waals surface area contributed by atoms with Crippen LogP contribution in [-0.2, 0) is 0 Å². The van der Waals surface area contributed by atoms with Crippen molar-refractivity contribution in [3.63, 3.8) is 0 Å². The molecule has 1 rings (SSSR count). The molecule has 0 spiro atoms. The van der Waals surface area contributed by atoms with Gasteiger partial charge >= 0.3 is 0 Å². The van der Waals surface area contributed by atoms with Gasteiger partial charge in [0.1, 0.15) is 0 Å². The summed E-state index contributed by atoms with van der Waals surface area (Å²) in [6, 6.07) is 4.02. The van der Waals surface area contributed by atoms with Crippen LogP contribution in [0, 0.1) is 5.41 Å². The van der Waals surface area contributed by atoms with Crippen molar-refractivity contribution < 1.29 is 0 Å². The number of pyridine rings is 1. The third kappa shape index (κ3) is 4.88. The minimum Gasteiger partial charge on any atom is -0.370 e. The van der Waals surface area contributed by atoms with Crippen LogP contribution in [-0.4, -0.2) is 18.6 Å². The van der Waals surface area contributed by atoms with E-state index < -0.39 is 0 Å². The highest BCUT2D eigenvalue weighted by atomic mass is 15.1. The largest absolute Gasteiger partial charge is 0.370 e. The number of hydrogen-bond acceptors (Lipinski definition) is 2. The summed E-state index contributed by atoms with van der Waals surface area (Å²) in [7, 11) is 2.08. The van der Waals surface area contributed by atoms with Crippen LogP contribution in [0.3, 0.4) is 0 Å². The summed E-state index contributed by atoms with van der Waals surface area (Å²) in [6.07, 6.45) is 4.64. The highest BCUT2D eigenvalue weighted by molar-refractivity contribution is 5.44. The average molecular weight is 230 g/mol. The highest BCUT2D eigenvalue weighted by Crippen LogP contribution is 2.24. The first-order valence-corrected chi connectivity index (χ1v) is 5.91. The lowest BCUT2D eigenvalue weighted by molar-refractivity contribution is 0.407. The third-order valence-electron chi connectivity index (χ3n) is 2.53. The SMILES string of the molecule is C=C=C(CN(C)c1ccncc1)CC(C)(C)C. The van der Waals surface area contributed by atoms with Crippen LogP contribution in [0.15, 0.2) is 42.4 Å². The maximum absolute atomic E-state index is 4.03. The van der Waals surface area contributed by atoms with E-state index in [-0.39, 0.29) is 5.41 Å². The maximum atomic E-state index is 4.03. The lowest BCUT2D eigenvalue weighted by Gasteiger charge is -2.24. The molecule has 1 aromatic heterocycles. The number of anilines is 1. The van der Waals surface area contributed by atoms with Gasteiger partial charge in [-0.1, -0.05) is 27.4 Å². The molecule has 0 atom stereocenters. The van der Waals surface area contributed by atoms with Gasteiger partial charge in [-0.25, -0.2) is 0 Å². The summed E-state index contributed by atoms with van der Waals surface area (Å²) in [6.45, 7) is 11.4. The molecule has 0 aliphatic carbocycles. The summed E-state index contributed by atoms with van der Waals surface area (Å²) in [5.41, 5.74) is 5.76. The van der Waals surface area contributed by atoms with Crippen LogP contribution in [0.2, 0.25) is 0 Å². The van der Waals surface area contributed by atoms with Crippen molar-refractivity contribution >= 4 is 5.69 Å². The van der Waals surface area contributed by atoms with Crippen molar-refractivity contribution in [2.75, 3.05) is 18.5 Å². The van der Waals surface area contributed by atoms with Crippen LogP contribution in [0.5, 0.6) is 0 Å². The smallest absolute Gasteiger partial charge is 0.0460 e. The summed E-state index contributed by atoms with van der Waals surface area (Å²) in [5, 5.41) is 0. The van der Waals surface area contributed by atoms with E-state index in [9.17, 15) is 0 Å². The van der Waals surface area contributed by atoms with Gasteiger partial charge in [0.25, 0.3) is 0 Å². The van der Waals surface area contributed by atoms with Crippen molar-refractivity contribution in [2.45, 2.75) is 27.2 Å². The fourth-order valence-corrected chi connectivity index (χ4v) is 1.79. The Labute approximate surface area is 105 Å². The van der Waals surface area contributed by atoms with Crippen molar-refractivity contribution in [1.29, 1.82) is 0 Å². The summed E-state index contributed by atoms with van der Waals surface area (Å²) < 4.78 is 0. The Morgan fingerprint density at radius 3 is 2.41 bits per heavy atom. The van der Waals surface area contributed by atoms with Crippen molar-refractivity contribution in [2.24, 2.45) is 5.41 Å². The van der Waals surface area contributed by atoms with Crippen molar-refractivity contribution in [1.82, 2.24) is 4.98 Å². The van der Waals surface area contributed by atoms with Gasteiger partial charge in [0.15, 0.2) is 0 Å². The van der Waals surface area contributed by atoms with E-state index in [1.54, 1.807) is 0 Å². The van der Waals surface area contributed by atoms with Gasteiger partial charge in [0.2, 0.25) is 0 Å². The molecule has 0 bridgehead atoms. The van der Waals surface area contributed by atoms with Crippen LogP contribution >= 0.6 is 0 Å². The van der Waals surface area contributed by atoms with Crippen molar-refractivity contribution in [3.8, 4) is 0 Å². The van der Waals surface area contributed by atoms with E-state index in [0.717, 1.165) is 13.0 Å². The normalized spacial score (nSPS) is 10.8. The fraction of sp³-hybridized carbons (Fsp3) is 0.467. The van der Waals surface area contributed by atoms with Crippen LogP contribution < -0.4 is 4.90 Å². The summed E-state index contributed by atoms with van der Waals surface area (Å²) in [5.74, 6) is 0. The van der Waals surface area contributed by atoms with Gasteiger partial charge in [0.05, 0.1) is 0 Å². The first-order valence-electron chi connectivity index (χ1n) is 5.91. The second-order valence-corrected chi connectivity index (χ2v) is 5.58. The minimum atomic E-state index is 0.277. The predicted octanol–water partition coefficient (Wildman–Crippen LogP) is 3.67. The van der Waals surface area contributed by atoms with E-state index in [0.29, 0.717) is 0 Å².